The maximum atomic E-state index is 10.9. The molecule has 0 saturated carbocycles. The van der Waals surface area contributed by atoms with E-state index in [4.69, 9.17) is 11.5 Å². The molecular weight excluding hydrogens is 228 g/mol. The second-order valence-corrected chi connectivity index (χ2v) is 3.91. The minimum atomic E-state index is -0.423. The van der Waals surface area contributed by atoms with Crippen molar-refractivity contribution in [2.75, 3.05) is 13.1 Å². The zero-order chi connectivity index (χ0) is 13.5. The highest BCUT2D eigenvalue weighted by molar-refractivity contribution is 5.92. The van der Waals surface area contributed by atoms with Crippen LogP contribution in [-0.2, 0) is 6.54 Å². The molecule has 0 atom stereocenters. The quantitative estimate of drug-likeness (QED) is 0.601. The number of primary amides is 1. The molecule has 0 heterocycles. The lowest BCUT2D eigenvalue weighted by molar-refractivity contribution is 0.100. The highest BCUT2D eigenvalue weighted by Crippen LogP contribution is 2.05. The van der Waals surface area contributed by atoms with E-state index in [1.165, 1.54) is 0 Å². The maximum absolute atomic E-state index is 10.9. The fourth-order valence-corrected chi connectivity index (χ4v) is 1.59. The SMILES string of the molecule is CCN(CC)C(N)=NCc1ccc(C(N)=O)cc1. The van der Waals surface area contributed by atoms with Gasteiger partial charge in [0.2, 0.25) is 5.91 Å². The summed E-state index contributed by atoms with van der Waals surface area (Å²) >= 11 is 0. The molecule has 0 unspecified atom stereocenters. The maximum Gasteiger partial charge on any atom is 0.248 e. The topological polar surface area (TPSA) is 84.7 Å². The molecule has 98 valence electrons. The van der Waals surface area contributed by atoms with E-state index in [0.717, 1.165) is 18.7 Å². The molecule has 5 nitrogen and oxygen atoms in total. The highest BCUT2D eigenvalue weighted by Gasteiger charge is 2.02. The van der Waals surface area contributed by atoms with E-state index in [0.29, 0.717) is 18.1 Å². The molecule has 0 radical (unpaired) electrons. The van der Waals surface area contributed by atoms with E-state index in [1.807, 2.05) is 30.9 Å². The lowest BCUT2D eigenvalue weighted by Crippen LogP contribution is -2.37. The first-order valence-electron chi connectivity index (χ1n) is 6.02. The van der Waals surface area contributed by atoms with Crippen molar-refractivity contribution in [2.45, 2.75) is 20.4 Å². The van der Waals surface area contributed by atoms with Crippen molar-refractivity contribution in [3.8, 4) is 0 Å². The molecule has 18 heavy (non-hydrogen) atoms. The van der Waals surface area contributed by atoms with Crippen molar-refractivity contribution in [3.05, 3.63) is 35.4 Å². The summed E-state index contributed by atoms with van der Waals surface area (Å²) in [6.45, 7) is 6.25. The van der Waals surface area contributed by atoms with Gasteiger partial charge in [-0.1, -0.05) is 12.1 Å². The van der Waals surface area contributed by atoms with E-state index in [2.05, 4.69) is 4.99 Å². The van der Waals surface area contributed by atoms with Gasteiger partial charge >= 0.3 is 0 Å². The third kappa shape index (κ3) is 3.76. The summed E-state index contributed by atoms with van der Waals surface area (Å²) in [5.41, 5.74) is 12.5. The molecule has 0 saturated heterocycles. The van der Waals surface area contributed by atoms with Gasteiger partial charge < -0.3 is 16.4 Å². The van der Waals surface area contributed by atoms with E-state index in [9.17, 15) is 4.79 Å². The summed E-state index contributed by atoms with van der Waals surface area (Å²) in [5.74, 6) is 0.117. The number of aliphatic imine (C=N–C) groups is 1. The predicted octanol–water partition coefficient (Wildman–Crippen LogP) is 0.942. The third-order valence-electron chi connectivity index (χ3n) is 2.75. The van der Waals surface area contributed by atoms with Gasteiger partial charge in [-0.25, -0.2) is 4.99 Å². The predicted molar refractivity (Wildman–Crippen MR) is 73.2 cm³/mol. The zero-order valence-corrected chi connectivity index (χ0v) is 10.9. The normalized spacial score (nSPS) is 11.3. The van der Waals surface area contributed by atoms with Crippen LogP contribution in [0.2, 0.25) is 0 Å². The summed E-state index contributed by atoms with van der Waals surface area (Å²) in [6, 6.07) is 7.06. The number of carbonyl (C=O) groups is 1. The molecule has 0 aliphatic heterocycles. The van der Waals surface area contributed by atoms with Gasteiger partial charge in [-0.15, -0.1) is 0 Å². The molecule has 0 aromatic heterocycles. The second-order valence-electron chi connectivity index (χ2n) is 3.91. The van der Waals surface area contributed by atoms with Crippen LogP contribution in [0.5, 0.6) is 0 Å². The average molecular weight is 248 g/mol. The minimum Gasteiger partial charge on any atom is -0.370 e. The zero-order valence-electron chi connectivity index (χ0n) is 10.9. The molecule has 5 heteroatoms. The molecule has 0 bridgehead atoms. The van der Waals surface area contributed by atoms with Crippen molar-refractivity contribution >= 4 is 11.9 Å². The lowest BCUT2D eigenvalue weighted by Gasteiger charge is -2.19. The van der Waals surface area contributed by atoms with E-state index >= 15 is 0 Å². The van der Waals surface area contributed by atoms with Crippen molar-refractivity contribution in [1.29, 1.82) is 0 Å². The van der Waals surface area contributed by atoms with Crippen LogP contribution in [-0.4, -0.2) is 29.9 Å². The van der Waals surface area contributed by atoms with Crippen molar-refractivity contribution in [3.63, 3.8) is 0 Å². The van der Waals surface area contributed by atoms with Crippen LogP contribution < -0.4 is 11.5 Å². The average Bonchev–Trinajstić information content (AvgIpc) is 2.38. The van der Waals surface area contributed by atoms with Gasteiger partial charge in [-0.3, -0.25) is 4.79 Å². The van der Waals surface area contributed by atoms with E-state index < -0.39 is 5.91 Å². The first-order valence-corrected chi connectivity index (χ1v) is 6.02. The Hall–Kier alpha value is -2.04. The van der Waals surface area contributed by atoms with Gasteiger partial charge in [0, 0.05) is 18.7 Å². The third-order valence-corrected chi connectivity index (χ3v) is 2.75. The molecule has 0 spiro atoms. The van der Waals surface area contributed by atoms with Crippen LogP contribution in [0.4, 0.5) is 0 Å². The minimum absolute atomic E-state index is 0.423. The van der Waals surface area contributed by atoms with Crippen molar-refractivity contribution in [1.82, 2.24) is 4.90 Å². The number of rotatable bonds is 5. The molecule has 0 aliphatic rings. The van der Waals surface area contributed by atoms with E-state index in [-0.39, 0.29) is 0 Å². The number of hydrogen-bond acceptors (Lipinski definition) is 2. The fraction of sp³-hybridized carbons (Fsp3) is 0.385. The number of nitrogens with zero attached hydrogens (tertiary/aromatic N) is 2. The van der Waals surface area contributed by atoms with Crippen LogP contribution in [0.3, 0.4) is 0 Å². The van der Waals surface area contributed by atoms with E-state index in [1.54, 1.807) is 12.1 Å². The molecule has 4 N–H and O–H groups in total. The fourth-order valence-electron chi connectivity index (χ4n) is 1.59. The van der Waals surface area contributed by atoms with Gasteiger partial charge in [0.05, 0.1) is 6.54 Å². The van der Waals surface area contributed by atoms with Crippen LogP contribution in [0.1, 0.15) is 29.8 Å². The van der Waals surface area contributed by atoms with Gasteiger partial charge in [-0.05, 0) is 31.5 Å². The second kappa shape index (κ2) is 6.64. The first kappa shape index (κ1) is 14.0. The molecule has 1 amide bonds. The lowest BCUT2D eigenvalue weighted by atomic mass is 10.1. The highest BCUT2D eigenvalue weighted by atomic mass is 16.1. The molecule has 0 fully saturated rings. The Morgan fingerprint density at radius 1 is 1.17 bits per heavy atom. The number of nitrogens with two attached hydrogens (primary N) is 2. The Labute approximate surface area is 107 Å². The standard InChI is InChI=1S/C13H20N4O/c1-3-17(4-2)13(15)16-9-10-5-7-11(8-6-10)12(14)18/h5-8H,3-4,9H2,1-2H3,(H2,14,18)(H2,15,16). The Kier molecular flexibility index (Phi) is 5.17. The monoisotopic (exact) mass is 248 g/mol. The smallest absolute Gasteiger partial charge is 0.248 e. The summed E-state index contributed by atoms with van der Waals surface area (Å²) in [7, 11) is 0. The Bertz CT molecular complexity index is 421. The molecule has 1 aromatic carbocycles. The summed E-state index contributed by atoms with van der Waals surface area (Å²) in [6.07, 6.45) is 0. The molecule has 1 rings (SSSR count). The number of carbonyl (C=O) groups excluding carboxylic acids is 1. The Balaban J connectivity index is 2.68. The Morgan fingerprint density at radius 2 is 1.72 bits per heavy atom. The first-order chi connectivity index (χ1) is 8.58. The van der Waals surface area contributed by atoms with Crippen LogP contribution >= 0.6 is 0 Å². The van der Waals surface area contributed by atoms with Gasteiger partial charge in [0.25, 0.3) is 0 Å². The van der Waals surface area contributed by atoms with Gasteiger partial charge in [0.15, 0.2) is 5.96 Å². The van der Waals surface area contributed by atoms with Crippen molar-refractivity contribution in [2.24, 2.45) is 16.5 Å². The number of hydrogen-bond donors (Lipinski definition) is 2. The number of amides is 1. The summed E-state index contributed by atoms with van der Waals surface area (Å²) in [4.78, 5) is 17.2. The Morgan fingerprint density at radius 3 is 2.17 bits per heavy atom. The molecule has 0 aliphatic carbocycles. The van der Waals surface area contributed by atoms with Gasteiger partial charge in [-0.2, -0.15) is 0 Å². The van der Waals surface area contributed by atoms with Gasteiger partial charge in [0.1, 0.15) is 0 Å². The summed E-state index contributed by atoms with van der Waals surface area (Å²) < 4.78 is 0. The van der Waals surface area contributed by atoms with Crippen LogP contribution in [0.15, 0.2) is 29.3 Å². The van der Waals surface area contributed by atoms with Crippen molar-refractivity contribution < 1.29 is 4.79 Å². The number of guanidine groups is 1. The summed E-state index contributed by atoms with van der Waals surface area (Å²) in [5, 5.41) is 0. The number of benzene rings is 1. The van der Waals surface area contributed by atoms with Crippen LogP contribution in [0, 0.1) is 0 Å². The van der Waals surface area contributed by atoms with Crippen LogP contribution in [0.25, 0.3) is 0 Å². The molecule has 1 aromatic rings. The largest absolute Gasteiger partial charge is 0.370 e. The molecular formula is C13H20N4O.